The second kappa shape index (κ2) is 2.55. The molecule has 0 aliphatic rings. The number of methoxy groups -OCH3 is 1. The molecule has 68 valence electrons. The molecule has 1 aromatic heterocycles. The maximum Gasteiger partial charge on any atom is 0.273 e. The fraction of sp³-hybridized carbons (Fsp3) is 0.125. The van der Waals surface area contributed by atoms with Crippen LogP contribution < -0.4 is 16.0 Å². The molecule has 0 amide bonds. The van der Waals surface area contributed by atoms with E-state index in [1.165, 1.54) is 0 Å². The smallest absolute Gasteiger partial charge is 0.273 e. The minimum absolute atomic E-state index is 0.213. The Balaban J connectivity index is 2.87. The second-order valence-corrected chi connectivity index (χ2v) is 2.72. The molecule has 1 heterocycles. The van der Waals surface area contributed by atoms with Crippen LogP contribution >= 0.6 is 0 Å². The van der Waals surface area contributed by atoms with Crippen molar-refractivity contribution in [3.63, 3.8) is 0 Å². The largest absolute Gasteiger partial charge is 0.497 e. The monoisotopic (exact) mass is 179 g/mol. The van der Waals surface area contributed by atoms with Gasteiger partial charge in [0.05, 0.1) is 23.7 Å². The number of nitrogens with two attached hydrogens (primary N) is 1. The zero-order valence-corrected chi connectivity index (χ0v) is 7.05. The molecule has 13 heavy (non-hydrogen) atoms. The molecule has 0 aliphatic carbocycles. The first-order chi connectivity index (χ1) is 6.22. The first-order valence-corrected chi connectivity index (χ1v) is 3.76. The van der Waals surface area contributed by atoms with E-state index in [0.717, 1.165) is 0 Å². The second-order valence-electron chi connectivity index (χ2n) is 2.72. The Morgan fingerprint density at radius 3 is 2.85 bits per heavy atom. The summed E-state index contributed by atoms with van der Waals surface area (Å²) < 4.78 is 5.00. The number of aromatic amines is 2. The molecule has 0 bridgehead atoms. The predicted molar refractivity (Wildman–Crippen MR) is 49.9 cm³/mol. The zero-order chi connectivity index (χ0) is 9.42. The molecule has 0 radical (unpaired) electrons. The van der Waals surface area contributed by atoms with E-state index in [4.69, 9.17) is 10.5 Å². The number of aromatic nitrogens is 2. The molecule has 4 N–H and O–H groups in total. The van der Waals surface area contributed by atoms with Gasteiger partial charge in [0.15, 0.2) is 0 Å². The number of nitrogen functional groups attached to an aromatic ring is 1. The summed E-state index contributed by atoms with van der Waals surface area (Å²) in [7, 11) is 1.55. The fourth-order valence-corrected chi connectivity index (χ4v) is 1.29. The highest BCUT2D eigenvalue weighted by Crippen LogP contribution is 2.22. The fourth-order valence-electron chi connectivity index (χ4n) is 1.29. The molecule has 0 unspecified atom stereocenters. The van der Waals surface area contributed by atoms with E-state index in [2.05, 4.69) is 10.2 Å². The molecule has 0 saturated carbocycles. The summed E-state index contributed by atoms with van der Waals surface area (Å²) in [6, 6.07) is 3.33. The third-order valence-corrected chi connectivity index (χ3v) is 1.92. The van der Waals surface area contributed by atoms with Crippen molar-refractivity contribution < 1.29 is 4.74 Å². The Kier molecular flexibility index (Phi) is 1.51. The van der Waals surface area contributed by atoms with Gasteiger partial charge in [-0.25, -0.2) is 0 Å². The van der Waals surface area contributed by atoms with Crippen molar-refractivity contribution in [1.29, 1.82) is 0 Å². The van der Waals surface area contributed by atoms with Crippen molar-refractivity contribution in [2.75, 3.05) is 12.8 Å². The van der Waals surface area contributed by atoms with Crippen LogP contribution in [0, 0.1) is 0 Å². The average molecular weight is 179 g/mol. The number of ether oxygens (including phenoxy) is 1. The van der Waals surface area contributed by atoms with Crippen molar-refractivity contribution >= 4 is 16.6 Å². The number of hydrogen-bond donors (Lipinski definition) is 3. The van der Waals surface area contributed by atoms with E-state index < -0.39 is 0 Å². The number of anilines is 1. The van der Waals surface area contributed by atoms with E-state index in [0.29, 0.717) is 22.3 Å². The summed E-state index contributed by atoms with van der Waals surface area (Å²) in [5.41, 5.74) is 6.51. The molecule has 1 aromatic carbocycles. The molecule has 0 saturated heterocycles. The molecular weight excluding hydrogens is 170 g/mol. The third kappa shape index (κ3) is 1.05. The number of nitrogens with one attached hydrogen (secondary N) is 2. The van der Waals surface area contributed by atoms with E-state index >= 15 is 0 Å². The van der Waals surface area contributed by atoms with Crippen LogP contribution in [0.1, 0.15) is 0 Å². The van der Waals surface area contributed by atoms with Crippen molar-refractivity contribution in [2.45, 2.75) is 0 Å². The SMILES string of the molecule is COc1cc(N)c2c(=O)[nH][nH]c2c1. The third-order valence-electron chi connectivity index (χ3n) is 1.92. The maximum absolute atomic E-state index is 11.2. The highest BCUT2D eigenvalue weighted by molar-refractivity contribution is 5.90. The lowest BCUT2D eigenvalue weighted by Crippen LogP contribution is -2.01. The molecule has 5 nitrogen and oxygen atoms in total. The lowest BCUT2D eigenvalue weighted by atomic mass is 10.2. The van der Waals surface area contributed by atoms with Gasteiger partial charge in [-0.05, 0) is 0 Å². The zero-order valence-electron chi connectivity index (χ0n) is 7.05. The van der Waals surface area contributed by atoms with E-state index in [9.17, 15) is 4.79 Å². The quantitative estimate of drug-likeness (QED) is 0.555. The first-order valence-electron chi connectivity index (χ1n) is 3.76. The first kappa shape index (κ1) is 7.72. The molecule has 0 aliphatic heterocycles. The number of H-pyrrole nitrogens is 2. The topological polar surface area (TPSA) is 83.9 Å². The molecule has 0 atom stereocenters. The van der Waals surface area contributed by atoms with Gasteiger partial charge in [-0.3, -0.25) is 15.0 Å². The van der Waals surface area contributed by atoms with Crippen LogP contribution in [0.4, 0.5) is 5.69 Å². The summed E-state index contributed by atoms with van der Waals surface area (Å²) in [5.74, 6) is 0.625. The van der Waals surface area contributed by atoms with Crippen molar-refractivity contribution in [2.24, 2.45) is 0 Å². The summed E-state index contributed by atoms with van der Waals surface area (Å²) in [6.07, 6.45) is 0. The van der Waals surface area contributed by atoms with Crippen molar-refractivity contribution in [3.05, 3.63) is 22.5 Å². The highest BCUT2D eigenvalue weighted by atomic mass is 16.5. The summed E-state index contributed by atoms with van der Waals surface area (Å²) in [6.45, 7) is 0. The minimum Gasteiger partial charge on any atom is -0.497 e. The Morgan fingerprint density at radius 1 is 1.38 bits per heavy atom. The van der Waals surface area contributed by atoms with Crippen molar-refractivity contribution in [1.82, 2.24) is 10.2 Å². The van der Waals surface area contributed by atoms with Crippen molar-refractivity contribution in [3.8, 4) is 5.75 Å². The molecule has 2 aromatic rings. The number of rotatable bonds is 1. The number of fused-ring (bicyclic) bond motifs is 1. The van der Waals surface area contributed by atoms with Gasteiger partial charge in [0.1, 0.15) is 5.75 Å². The van der Waals surface area contributed by atoms with Gasteiger partial charge >= 0.3 is 0 Å². The van der Waals surface area contributed by atoms with Gasteiger partial charge in [-0.15, -0.1) is 0 Å². The molecule has 0 spiro atoms. The number of hydrogen-bond acceptors (Lipinski definition) is 3. The van der Waals surface area contributed by atoms with Gasteiger partial charge in [0.2, 0.25) is 0 Å². The Hall–Kier alpha value is -1.91. The van der Waals surface area contributed by atoms with E-state index in [-0.39, 0.29) is 5.56 Å². The molecule has 5 heteroatoms. The van der Waals surface area contributed by atoms with Crippen LogP contribution in [0.15, 0.2) is 16.9 Å². The van der Waals surface area contributed by atoms with Crippen LogP contribution in [0.5, 0.6) is 5.75 Å². The Morgan fingerprint density at radius 2 is 2.15 bits per heavy atom. The Bertz CT molecular complexity index is 498. The van der Waals surface area contributed by atoms with Gasteiger partial charge < -0.3 is 10.5 Å². The summed E-state index contributed by atoms with van der Waals surface area (Å²) in [4.78, 5) is 11.2. The van der Waals surface area contributed by atoms with Crippen LogP contribution in [0.3, 0.4) is 0 Å². The van der Waals surface area contributed by atoms with E-state index in [1.54, 1.807) is 19.2 Å². The van der Waals surface area contributed by atoms with Crippen LogP contribution in [-0.4, -0.2) is 17.3 Å². The molecule has 0 fully saturated rings. The Labute approximate surface area is 73.5 Å². The summed E-state index contributed by atoms with van der Waals surface area (Å²) >= 11 is 0. The summed E-state index contributed by atoms with van der Waals surface area (Å²) in [5, 5.41) is 5.63. The predicted octanol–water partition coefficient (Wildman–Crippen LogP) is 0.447. The van der Waals surface area contributed by atoms with Gasteiger partial charge in [-0.2, -0.15) is 0 Å². The normalized spacial score (nSPS) is 10.5. The van der Waals surface area contributed by atoms with Gasteiger partial charge in [-0.1, -0.05) is 0 Å². The average Bonchev–Trinajstić information content (AvgIpc) is 2.48. The maximum atomic E-state index is 11.2. The van der Waals surface area contributed by atoms with E-state index in [1.807, 2.05) is 0 Å². The molecule has 2 rings (SSSR count). The van der Waals surface area contributed by atoms with Gasteiger partial charge in [0.25, 0.3) is 5.56 Å². The standard InChI is InChI=1S/C8H9N3O2/c1-13-4-2-5(9)7-6(3-4)10-11-8(7)12/h2-3H,9H2,1H3,(H2,10,11,12). The highest BCUT2D eigenvalue weighted by Gasteiger charge is 2.06. The van der Waals surface area contributed by atoms with Crippen LogP contribution in [-0.2, 0) is 0 Å². The minimum atomic E-state index is -0.213. The van der Waals surface area contributed by atoms with Gasteiger partial charge in [0, 0.05) is 12.1 Å². The van der Waals surface area contributed by atoms with Crippen LogP contribution in [0.25, 0.3) is 10.9 Å². The van der Waals surface area contributed by atoms with Crippen LogP contribution in [0.2, 0.25) is 0 Å². The lowest BCUT2D eigenvalue weighted by molar-refractivity contribution is 0.415. The lowest BCUT2D eigenvalue weighted by Gasteiger charge is -2.00. The number of benzene rings is 1. The molecular formula is C8H9N3O2.